The third-order valence-electron chi connectivity index (χ3n) is 3.51. The monoisotopic (exact) mass is 284 g/mol. The Hall–Kier alpha value is 0.130. The Balaban J connectivity index is 2.25. The van der Waals surface area contributed by atoms with Crippen LogP contribution in [-0.4, -0.2) is 35.7 Å². The number of hydrogen-bond acceptors (Lipinski definition) is 5. The van der Waals surface area contributed by atoms with Gasteiger partial charge in [-0.15, -0.1) is 0 Å². The lowest BCUT2D eigenvalue weighted by Crippen LogP contribution is -2.18. The number of fused-ring (bicyclic) bond motifs is 2. The molecule has 9 heteroatoms. The van der Waals surface area contributed by atoms with E-state index in [9.17, 15) is 4.57 Å². The molecule has 2 bridgehead atoms. The van der Waals surface area contributed by atoms with Gasteiger partial charge in [-0.25, -0.2) is 9.56 Å². The van der Waals surface area contributed by atoms with Gasteiger partial charge < -0.3 is 9.79 Å². The summed E-state index contributed by atoms with van der Waals surface area (Å²) in [4.78, 5) is 48.8. The molecule has 0 spiro atoms. The number of aliphatic imine (C=N–C) groups is 1. The van der Waals surface area contributed by atoms with Gasteiger partial charge in [0.15, 0.2) is 0 Å². The maximum Gasteiger partial charge on any atom is 0.469 e. The van der Waals surface area contributed by atoms with E-state index >= 15 is 0 Å². The molecule has 3 atom stereocenters. The van der Waals surface area contributed by atoms with Gasteiger partial charge in [-0.05, 0) is 31.1 Å². The zero-order valence-corrected chi connectivity index (χ0v) is 10.8. The van der Waals surface area contributed by atoms with Crippen LogP contribution in [-0.2, 0) is 4.57 Å². The average Bonchev–Trinajstić information content (AvgIpc) is 2.70. The Kier molecular flexibility index (Phi) is 3.47. The largest absolute Gasteiger partial charge is 0.469 e. The molecule has 0 saturated heterocycles. The lowest BCUT2D eigenvalue weighted by molar-refractivity contribution is 0.347. The first kappa shape index (κ1) is 13.6. The van der Waals surface area contributed by atoms with Crippen LogP contribution in [0, 0.1) is 11.8 Å². The van der Waals surface area contributed by atoms with E-state index < -0.39 is 20.7 Å². The van der Waals surface area contributed by atoms with E-state index in [1.54, 1.807) is 0 Å². The molecular formula is C8H16NO6P2+. The maximum absolute atomic E-state index is 11.1. The van der Waals surface area contributed by atoms with Crippen molar-refractivity contribution in [2.75, 3.05) is 0 Å². The Morgan fingerprint density at radius 3 is 2.18 bits per heavy atom. The van der Waals surface area contributed by atoms with Crippen molar-refractivity contribution in [3.8, 4) is 0 Å². The molecule has 2 rings (SSSR count). The van der Waals surface area contributed by atoms with Crippen molar-refractivity contribution in [2.45, 2.75) is 31.7 Å². The number of rotatable bonds is 3. The van der Waals surface area contributed by atoms with Gasteiger partial charge >= 0.3 is 20.7 Å². The molecule has 2 aliphatic rings. The minimum absolute atomic E-state index is 0.244. The molecule has 0 amide bonds. The van der Waals surface area contributed by atoms with Gasteiger partial charge in [0.1, 0.15) is 0 Å². The van der Waals surface area contributed by atoms with Crippen molar-refractivity contribution >= 4 is 20.7 Å². The van der Waals surface area contributed by atoms with Gasteiger partial charge in [0.05, 0.1) is 6.04 Å². The van der Waals surface area contributed by atoms with Crippen LogP contribution in [0.1, 0.15) is 25.7 Å². The number of nitrogens with zero attached hydrogens (tertiary/aromatic N) is 1. The van der Waals surface area contributed by atoms with E-state index in [-0.39, 0.29) is 12.0 Å². The molecule has 2 fully saturated rings. The molecule has 0 radical (unpaired) electrons. The third kappa shape index (κ3) is 2.93. The Bertz CT molecular complexity index is 386. The van der Waals surface area contributed by atoms with Crippen LogP contribution in [0.5, 0.6) is 0 Å². The topological polar surface area (TPSA) is 131 Å². The molecule has 2 aliphatic carbocycles. The summed E-state index contributed by atoms with van der Waals surface area (Å²) in [5.41, 5.74) is 0. The zero-order valence-electron chi connectivity index (χ0n) is 9.05. The smallest absolute Gasteiger partial charge is 0.317 e. The van der Waals surface area contributed by atoms with Crippen molar-refractivity contribution < 1.29 is 29.0 Å². The van der Waals surface area contributed by atoms with Crippen molar-refractivity contribution in [1.29, 1.82) is 0 Å². The van der Waals surface area contributed by atoms with E-state index in [1.807, 2.05) is 0 Å². The van der Waals surface area contributed by atoms with E-state index in [0.717, 1.165) is 19.3 Å². The Morgan fingerprint density at radius 2 is 1.82 bits per heavy atom. The molecule has 7 nitrogen and oxygen atoms in total. The second-order valence-corrected chi connectivity index (χ2v) is 8.21. The maximum atomic E-state index is 11.1. The van der Waals surface area contributed by atoms with E-state index in [1.165, 1.54) is 0 Å². The minimum Gasteiger partial charge on any atom is -0.317 e. The van der Waals surface area contributed by atoms with Crippen LogP contribution in [0.15, 0.2) is 4.99 Å². The van der Waals surface area contributed by atoms with Gasteiger partial charge in [0.25, 0.3) is 0 Å². The second kappa shape index (κ2) is 4.35. The Morgan fingerprint density at radius 1 is 1.18 bits per heavy atom. The van der Waals surface area contributed by atoms with Gasteiger partial charge in [0, 0.05) is 0 Å². The predicted molar refractivity (Wildman–Crippen MR) is 62.3 cm³/mol. The average molecular weight is 284 g/mol. The fourth-order valence-electron chi connectivity index (χ4n) is 2.85. The van der Waals surface area contributed by atoms with E-state index in [0.29, 0.717) is 12.3 Å². The van der Waals surface area contributed by atoms with Crippen LogP contribution in [0.3, 0.4) is 0 Å². The van der Waals surface area contributed by atoms with Gasteiger partial charge in [-0.1, -0.05) is 6.42 Å². The highest BCUT2D eigenvalue weighted by Crippen LogP contribution is 2.61. The predicted octanol–water partition coefficient (Wildman–Crippen LogP) is 0.448. The molecule has 17 heavy (non-hydrogen) atoms. The lowest BCUT2D eigenvalue weighted by atomic mass is 9.96. The lowest BCUT2D eigenvalue weighted by Gasteiger charge is -2.18. The van der Waals surface area contributed by atoms with E-state index in [2.05, 4.69) is 4.99 Å². The summed E-state index contributed by atoms with van der Waals surface area (Å²) >= 11 is 0. The molecule has 5 N–H and O–H groups in total. The number of hydrogen-bond donors (Lipinski definition) is 5. The third-order valence-corrected chi connectivity index (χ3v) is 6.39. The highest BCUT2D eigenvalue weighted by atomic mass is 31.3. The summed E-state index contributed by atoms with van der Waals surface area (Å²) in [6.45, 7) is 0. The summed E-state index contributed by atoms with van der Waals surface area (Å²) in [6, 6.07) is -0.304. The van der Waals surface area contributed by atoms with E-state index in [4.69, 9.17) is 24.5 Å². The highest BCUT2D eigenvalue weighted by Gasteiger charge is 2.53. The molecule has 2 saturated carbocycles. The molecule has 0 aliphatic heterocycles. The first-order valence-corrected chi connectivity index (χ1v) is 8.65. The van der Waals surface area contributed by atoms with Gasteiger partial charge in [-0.2, -0.15) is 14.7 Å². The summed E-state index contributed by atoms with van der Waals surface area (Å²) in [5, 5.41) is -1.14. The molecule has 0 aromatic heterocycles. The highest BCUT2D eigenvalue weighted by molar-refractivity contribution is 8.00. The first-order valence-electron chi connectivity index (χ1n) is 5.39. The quantitative estimate of drug-likeness (QED) is 0.378. The van der Waals surface area contributed by atoms with Crippen LogP contribution in [0.25, 0.3) is 0 Å². The fraction of sp³-hybridized carbons (Fsp3) is 0.875. The van der Waals surface area contributed by atoms with Crippen LogP contribution >= 0.6 is 15.5 Å². The van der Waals surface area contributed by atoms with Crippen molar-refractivity contribution in [3.05, 3.63) is 0 Å². The van der Waals surface area contributed by atoms with Crippen LogP contribution in [0.4, 0.5) is 0 Å². The summed E-state index contributed by atoms with van der Waals surface area (Å²) < 4.78 is 11.1. The van der Waals surface area contributed by atoms with Crippen LogP contribution < -0.4 is 0 Å². The summed E-state index contributed by atoms with van der Waals surface area (Å²) in [5.74, 6) is 0.753. The molecule has 3 unspecified atom stereocenters. The van der Waals surface area contributed by atoms with Crippen molar-refractivity contribution in [2.24, 2.45) is 16.8 Å². The van der Waals surface area contributed by atoms with Gasteiger partial charge in [-0.3, -0.25) is 0 Å². The standard InChI is InChI=1S/C8H15NO6P2/c10-16(11,12)8(17(13,14)15)9-7-4-5-1-2-6(7)3-5/h5-7,10-12H,1-4H2,(H-,13,14,15)/p+1. The molecule has 98 valence electrons. The minimum atomic E-state index is -4.92. The van der Waals surface area contributed by atoms with Crippen molar-refractivity contribution in [3.63, 3.8) is 0 Å². The summed E-state index contributed by atoms with van der Waals surface area (Å²) in [7, 11) is -9.66. The zero-order chi connectivity index (χ0) is 12.8. The van der Waals surface area contributed by atoms with Crippen molar-refractivity contribution in [1.82, 2.24) is 0 Å². The molecular weight excluding hydrogens is 268 g/mol. The Labute approximate surface area is 99.0 Å². The molecule has 0 heterocycles. The van der Waals surface area contributed by atoms with Crippen LogP contribution in [0.2, 0.25) is 0 Å². The normalized spacial score (nSPS) is 34.4. The molecule has 0 aromatic carbocycles. The summed E-state index contributed by atoms with van der Waals surface area (Å²) in [6.07, 6.45) is 3.71. The fourth-order valence-corrected chi connectivity index (χ4v) is 4.85. The first-order chi connectivity index (χ1) is 7.68. The second-order valence-electron chi connectivity index (χ2n) is 4.78. The SMILES string of the molecule is O=P(O)(O)C(=NC1CC2CCC1C2)[P+](O)(O)O. The van der Waals surface area contributed by atoms with Gasteiger partial charge in [0.2, 0.25) is 0 Å². The molecule has 0 aromatic rings.